The molecule has 1 rings (SSSR count). The van der Waals surface area contributed by atoms with E-state index in [1.807, 2.05) is 27.7 Å². The minimum atomic E-state index is -0.187. The van der Waals surface area contributed by atoms with Crippen LogP contribution in [0.5, 0.6) is 0 Å². The molecular weight excluding hydrogens is 196 g/mol. The van der Waals surface area contributed by atoms with E-state index in [9.17, 15) is 4.79 Å². The highest BCUT2D eigenvalue weighted by atomic mass is 32.1. The van der Waals surface area contributed by atoms with Crippen LogP contribution in [0.3, 0.4) is 0 Å². The Bertz CT molecular complexity index is 325. The Hall–Kier alpha value is -0.900. The van der Waals surface area contributed by atoms with Gasteiger partial charge in [0.1, 0.15) is 4.88 Å². The zero-order chi connectivity index (χ0) is 10.8. The maximum Gasteiger partial charge on any atom is 0.263 e. The SMILES string of the molecule is CCc1ncc(C(=O)NC(C)(C)C)s1. The molecule has 1 heterocycles. The molecule has 1 amide bonds. The predicted molar refractivity (Wildman–Crippen MR) is 58.7 cm³/mol. The number of amides is 1. The monoisotopic (exact) mass is 212 g/mol. The number of rotatable bonds is 2. The van der Waals surface area contributed by atoms with Crippen molar-refractivity contribution in [2.75, 3.05) is 0 Å². The molecule has 14 heavy (non-hydrogen) atoms. The summed E-state index contributed by atoms with van der Waals surface area (Å²) in [5, 5.41) is 3.91. The summed E-state index contributed by atoms with van der Waals surface area (Å²) < 4.78 is 0. The summed E-state index contributed by atoms with van der Waals surface area (Å²) in [7, 11) is 0. The minimum Gasteiger partial charge on any atom is -0.347 e. The third-order valence-corrected chi connectivity index (χ3v) is 2.71. The van der Waals surface area contributed by atoms with Crippen LogP contribution in [0.15, 0.2) is 6.20 Å². The summed E-state index contributed by atoms with van der Waals surface area (Å²) in [4.78, 5) is 16.5. The second-order valence-corrected chi connectivity index (χ2v) is 5.29. The van der Waals surface area contributed by atoms with E-state index in [0.29, 0.717) is 4.88 Å². The van der Waals surface area contributed by atoms with Crippen LogP contribution in [0.25, 0.3) is 0 Å². The van der Waals surface area contributed by atoms with Crippen LogP contribution in [-0.4, -0.2) is 16.4 Å². The zero-order valence-corrected chi connectivity index (χ0v) is 9.86. The predicted octanol–water partition coefficient (Wildman–Crippen LogP) is 2.23. The lowest BCUT2D eigenvalue weighted by Gasteiger charge is -2.19. The number of nitrogens with one attached hydrogen (secondary N) is 1. The van der Waals surface area contributed by atoms with Crippen molar-refractivity contribution in [3.05, 3.63) is 16.1 Å². The fourth-order valence-electron chi connectivity index (χ4n) is 0.981. The van der Waals surface area contributed by atoms with Gasteiger partial charge in [0.25, 0.3) is 5.91 Å². The highest BCUT2D eigenvalue weighted by Gasteiger charge is 2.16. The molecule has 1 aromatic heterocycles. The summed E-state index contributed by atoms with van der Waals surface area (Å²) in [5.41, 5.74) is -0.187. The maximum absolute atomic E-state index is 11.6. The Balaban J connectivity index is 2.70. The van der Waals surface area contributed by atoms with Gasteiger partial charge in [-0.15, -0.1) is 11.3 Å². The molecule has 0 saturated carbocycles. The van der Waals surface area contributed by atoms with Gasteiger partial charge in [0.05, 0.1) is 11.2 Å². The minimum absolute atomic E-state index is 0.0327. The summed E-state index contributed by atoms with van der Waals surface area (Å²) in [5.74, 6) is -0.0327. The number of carbonyl (C=O) groups excluding carboxylic acids is 1. The third kappa shape index (κ3) is 3.10. The van der Waals surface area contributed by atoms with Crippen molar-refractivity contribution in [1.29, 1.82) is 0 Å². The second kappa shape index (κ2) is 4.09. The first-order valence-electron chi connectivity index (χ1n) is 4.69. The number of aromatic nitrogens is 1. The molecular formula is C10H16N2OS. The fraction of sp³-hybridized carbons (Fsp3) is 0.600. The topological polar surface area (TPSA) is 42.0 Å². The third-order valence-electron chi connectivity index (χ3n) is 1.57. The van der Waals surface area contributed by atoms with Crippen molar-refractivity contribution in [1.82, 2.24) is 10.3 Å². The van der Waals surface area contributed by atoms with Crippen LogP contribution in [-0.2, 0) is 6.42 Å². The van der Waals surface area contributed by atoms with Crippen LogP contribution < -0.4 is 5.32 Å². The van der Waals surface area contributed by atoms with Gasteiger partial charge in [0, 0.05) is 5.54 Å². The van der Waals surface area contributed by atoms with Gasteiger partial charge in [-0.1, -0.05) is 6.92 Å². The number of nitrogens with zero attached hydrogens (tertiary/aromatic N) is 1. The zero-order valence-electron chi connectivity index (χ0n) is 9.05. The molecule has 0 fully saturated rings. The first kappa shape index (κ1) is 11.2. The highest BCUT2D eigenvalue weighted by Crippen LogP contribution is 2.14. The summed E-state index contributed by atoms with van der Waals surface area (Å²) in [6.07, 6.45) is 2.53. The van der Waals surface area contributed by atoms with Gasteiger partial charge in [-0.05, 0) is 27.2 Å². The Morgan fingerprint density at radius 3 is 2.64 bits per heavy atom. The van der Waals surface area contributed by atoms with Crippen LogP contribution in [0.2, 0.25) is 0 Å². The lowest BCUT2D eigenvalue weighted by molar-refractivity contribution is 0.0923. The molecule has 3 nitrogen and oxygen atoms in total. The standard InChI is InChI=1S/C10H16N2OS/c1-5-8-11-6-7(14-8)9(13)12-10(2,3)4/h6H,5H2,1-4H3,(H,12,13). The summed E-state index contributed by atoms with van der Waals surface area (Å²) in [6, 6.07) is 0. The highest BCUT2D eigenvalue weighted by molar-refractivity contribution is 7.13. The summed E-state index contributed by atoms with van der Waals surface area (Å²) >= 11 is 1.46. The van der Waals surface area contributed by atoms with Gasteiger partial charge < -0.3 is 5.32 Å². The molecule has 0 aliphatic carbocycles. The molecule has 0 unspecified atom stereocenters. The number of aryl methyl sites for hydroxylation is 1. The van der Waals surface area contributed by atoms with Crippen LogP contribution in [0.4, 0.5) is 0 Å². The lowest BCUT2D eigenvalue weighted by Crippen LogP contribution is -2.40. The van der Waals surface area contributed by atoms with Crippen molar-refractivity contribution >= 4 is 17.2 Å². The van der Waals surface area contributed by atoms with Crippen LogP contribution >= 0.6 is 11.3 Å². The van der Waals surface area contributed by atoms with Crippen molar-refractivity contribution in [2.45, 2.75) is 39.7 Å². The van der Waals surface area contributed by atoms with E-state index in [2.05, 4.69) is 10.3 Å². The summed E-state index contributed by atoms with van der Waals surface area (Å²) in [6.45, 7) is 7.93. The van der Waals surface area contributed by atoms with E-state index < -0.39 is 0 Å². The van der Waals surface area contributed by atoms with Crippen molar-refractivity contribution in [3.8, 4) is 0 Å². The maximum atomic E-state index is 11.6. The molecule has 78 valence electrons. The first-order valence-corrected chi connectivity index (χ1v) is 5.51. The van der Waals surface area contributed by atoms with E-state index in [4.69, 9.17) is 0 Å². The fourth-order valence-corrected chi connectivity index (χ4v) is 1.73. The number of thiazole rings is 1. The van der Waals surface area contributed by atoms with Crippen LogP contribution in [0.1, 0.15) is 42.4 Å². The molecule has 0 radical (unpaired) electrons. The van der Waals surface area contributed by atoms with Gasteiger partial charge >= 0.3 is 0 Å². The van der Waals surface area contributed by atoms with E-state index in [1.165, 1.54) is 11.3 Å². The number of carbonyl (C=O) groups is 1. The van der Waals surface area contributed by atoms with Crippen molar-refractivity contribution in [3.63, 3.8) is 0 Å². The smallest absolute Gasteiger partial charge is 0.263 e. The Morgan fingerprint density at radius 1 is 1.57 bits per heavy atom. The number of hydrogen-bond donors (Lipinski definition) is 1. The number of hydrogen-bond acceptors (Lipinski definition) is 3. The largest absolute Gasteiger partial charge is 0.347 e. The van der Waals surface area contributed by atoms with Crippen LogP contribution in [0, 0.1) is 0 Å². The van der Waals surface area contributed by atoms with Gasteiger partial charge in [-0.2, -0.15) is 0 Å². The molecule has 0 bridgehead atoms. The average Bonchev–Trinajstić information content (AvgIpc) is 2.48. The molecule has 0 spiro atoms. The molecule has 1 N–H and O–H groups in total. The normalized spacial score (nSPS) is 11.4. The molecule has 0 atom stereocenters. The molecule has 4 heteroatoms. The van der Waals surface area contributed by atoms with Gasteiger partial charge in [0.2, 0.25) is 0 Å². The van der Waals surface area contributed by atoms with Gasteiger partial charge in [-0.25, -0.2) is 4.98 Å². The Labute approximate surface area is 88.6 Å². The first-order chi connectivity index (χ1) is 6.42. The second-order valence-electron chi connectivity index (χ2n) is 4.18. The van der Waals surface area contributed by atoms with E-state index in [1.54, 1.807) is 6.20 Å². The molecule has 0 saturated heterocycles. The Kier molecular flexibility index (Phi) is 3.26. The molecule has 0 aliphatic heterocycles. The van der Waals surface area contributed by atoms with Crippen molar-refractivity contribution < 1.29 is 4.79 Å². The van der Waals surface area contributed by atoms with Gasteiger partial charge in [-0.3, -0.25) is 4.79 Å². The van der Waals surface area contributed by atoms with E-state index in [-0.39, 0.29) is 11.4 Å². The lowest BCUT2D eigenvalue weighted by atomic mass is 10.1. The molecule has 0 aromatic carbocycles. The van der Waals surface area contributed by atoms with E-state index >= 15 is 0 Å². The van der Waals surface area contributed by atoms with Gasteiger partial charge in [0.15, 0.2) is 0 Å². The molecule has 1 aromatic rings. The molecule has 0 aliphatic rings. The van der Waals surface area contributed by atoms with E-state index in [0.717, 1.165) is 11.4 Å². The quantitative estimate of drug-likeness (QED) is 0.817. The Morgan fingerprint density at radius 2 is 2.21 bits per heavy atom. The average molecular weight is 212 g/mol. The van der Waals surface area contributed by atoms with Crippen molar-refractivity contribution in [2.24, 2.45) is 0 Å².